The van der Waals surface area contributed by atoms with E-state index in [1.807, 2.05) is 0 Å². The standard InChI is InChI=1S/C21H26O4/c1-2-24-19(22)17-4-3-5-18(9-17)20(23)25-13-21-10-14-6-15(11-21)8-16(7-14)12-21/h3-5,9,14-16H,2,6-8,10-13H2,1H3. The highest BCUT2D eigenvalue weighted by atomic mass is 16.5. The molecule has 0 heterocycles. The van der Waals surface area contributed by atoms with Gasteiger partial charge in [0.15, 0.2) is 0 Å². The second-order valence-electron chi connectivity index (χ2n) is 8.29. The Morgan fingerprint density at radius 3 is 2.00 bits per heavy atom. The molecule has 0 atom stereocenters. The fourth-order valence-electron chi connectivity index (χ4n) is 5.76. The van der Waals surface area contributed by atoms with Crippen LogP contribution >= 0.6 is 0 Å². The highest BCUT2D eigenvalue weighted by Crippen LogP contribution is 2.60. The van der Waals surface area contributed by atoms with Gasteiger partial charge >= 0.3 is 11.9 Å². The normalized spacial score (nSPS) is 32.4. The maximum Gasteiger partial charge on any atom is 0.338 e. The minimum absolute atomic E-state index is 0.211. The fraction of sp³-hybridized carbons (Fsp3) is 0.619. The van der Waals surface area contributed by atoms with Crippen molar-refractivity contribution in [3.05, 3.63) is 35.4 Å². The molecule has 4 aliphatic carbocycles. The molecular formula is C21H26O4. The van der Waals surface area contributed by atoms with Crippen LogP contribution in [0.2, 0.25) is 0 Å². The van der Waals surface area contributed by atoms with E-state index in [4.69, 9.17) is 9.47 Å². The third-order valence-electron chi connectivity index (χ3n) is 6.28. The van der Waals surface area contributed by atoms with Crippen LogP contribution in [0.5, 0.6) is 0 Å². The van der Waals surface area contributed by atoms with Gasteiger partial charge in [-0.05, 0) is 81.4 Å². The first-order valence-corrected chi connectivity index (χ1v) is 9.51. The Balaban J connectivity index is 1.41. The van der Waals surface area contributed by atoms with E-state index in [1.54, 1.807) is 31.2 Å². The van der Waals surface area contributed by atoms with Crippen molar-refractivity contribution >= 4 is 11.9 Å². The average molecular weight is 342 g/mol. The van der Waals surface area contributed by atoms with Gasteiger partial charge in [-0.3, -0.25) is 0 Å². The van der Waals surface area contributed by atoms with Crippen molar-refractivity contribution < 1.29 is 19.1 Å². The van der Waals surface area contributed by atoms with E-state index in [9.17, 15) is 9.59 Å². The van der Waals surface area contributed by atoms with Crippen LogP contribution in [0, 0.1) is 23.2 Å². The first kappa shape index (κ1) is 16.6. The van der Waals surface area contributed by atoms with Crippen molar-refractivity contribution in [2.24, 2.45) is 23.2 Å². The zero-order valence-corrected chi connectivity index (χ0v) is 14.8. The maximum absolute atomic E-state index is 12.5. The van der Waals surface area contributed by atoms with Gasteiger partial charge in [0.1, 0.15) is 0 Å². The van der Waals surface area contributed by atoms with E-state index in [1.165, 1.54) is 38.5 Å². The van der Waals surface area contributed by atoms with E-state index in [-0.39, 0.29) is 11.4 Å². The Kier molecular flexibility index (Phi) is 4.30. The van der Waals surface area contributed by atoms with E-state index in [0.717, 1.165) is 17.8 Å². The van der Waals surface area contributed by atoms with Crippen molar-refractivity contribution in [2.75, 3.05) is 13.2 Å². The van der Waals surface area contributed by atoms with Gasteiger partial charge in [0.25, 0.3) is 0 Å². The lowest BCUT2D eigenvalue weighted by molar-refractivity contribution is -0.0848. The van der Waals surface area contributed by atoms with Gasteiger partial charge in [0.2, 0.25) is 0 Å². The van der Waals surface area contributed by atoms with Gasteiger partial charge in [0.05, 0.1) is 24.3 Å². The summed E-state index contributed by atoms with van der Waals surface area (Å²) in [6, 6.07) is 6.63. The van der Waals surface area contributed by atoms with Gasteiger partial charge in [-0.1, -0.05) is 6.07 Å². The number of esters is 2. The topological polar surface area (TPSA) is 52.6 Å². The molecule has 0 amide bonds. The molecule has 4 fully saturated rings. The Labute approximate surface area is 148 Å². The number of carbonyl (C=O) groups is 2. The molecule has 0 saturated heterocycles. The van der Waals surface area contributed by atoms with Crippen LogP contribution in [-0.4, -0.2) is 25.2 Å². The number of hydrogen-bond donors (Lipinski definition) is 0. The highest BCUT2D eigenvalue weighted by molar-refractivity contribution is 5.95. The van der Waals surface area contributed by atoms with Crippen molar-refractivity contribution in [1.29, 1.82) is 0 Å². The summed E-state index contributed by atoms with van der Waals surface area (Å²) in [5, 5.41) is 0. The molecule has 25 heavy (non-hydrogen) atoms. The van der Waals surface area contributed by atoms with Crippen LogP contribution in [-0.2, 0) is 9.47 Å². The number of ether oxygens (including phenoxy) is 2. The molecular weight excluding hydrogens is 316 g/mol. The maximum atomic E-state index is 12.5. The number of hydrogen-bond acceptors (Lipinski definition) is 4. The summed E-state index contributed by atoms with van der Waals surface area (Å²) in [4.78, 5) is 24.3. The summed E-state index contributed by atoms with van der Waals surface area (Å²) in [7, 11) is 0. The van der Waals surface area contributed by atoms with Crippen LogP contribution in [0.3, 0.4) is 0 Å². The molecule has 0 N–H and O–H groups in total. The second-order valence-corrected chi connectivity index (χ2v) is 8.29. The first-order valence-electron chi connectivity index (χ1n) is 9.51. The van der Waals surface area contributed by atoms with Crippen LogP contribution in [0.25, 0.3) is 0 Å². The predicted octanol–water partition coefficient (Wildman–Crippen LogP) is 4.24. The van der Waals surface area contributed by atoms with Gasteiger partial charge in [-0.15, -0.1) is 0 Å². The third kappa shape index (κ3) is 3.31. The largest absolute Gasteiger partial charge is 0.462 e. The zero-order valence-electron chi connectivity index (χ0n) is 14.8. The molecule has 0 aromatic heterocycles. The highest BCUT2D eigenvalue weighted by Gasteiger charge is 2.51. The smallest absolute Gasteiger partial charge is 0.338 e. The van der Waals surface area contributed by atoms with Crippen LogP contribution < -0.4 is 0 Å². The second kappa shape index (κ2) is 6.47. The molecule has 4 bridgehead atoms. The zero-order chi connectivity index (χ0) is 17.4. The Morgan fingerprint density at radius 2 is 1.48 bits per heavy atom. The van der Waals surface area contributed by atoms with Crippen LogP contribution in [0.15, 0.2) is 24.3 Å². The van der Waals surface area contributed by atoms with Gasteiger partial charge in [0, 0.05) is 5.41 Å². The molecule has 0 radical (unpaired) electrons. The SMILES string of the molecule is CCOC(=O)c1cccc(C(=O)OCC23CC4CC(CC(C4)C2)C3)c1. The van der Waals surface area contributed by atoms with E-state index in [2.05, 4.69) is 0 Å². The summed E-state index contributed by atoms with van der Waals surface area (Å²) in [5.41, 5.74) is 1.03. The van der Waals surface area contributed by atoms with Gasteiger partial charge in [-0.2, -0.15) is 0 Å². The molecule has 0 aliphatic heterocycles. The van der Waals surface area contributed by atoms with E-state index >= 15 is 0 Å². The van der Waals surface area contributed by atoms with Crippen LogP contribution in [0.1, 0.15) is 66.2 Å². The van der Waals surface area contributed by atoms with Crippen molar-refractivity contribution in [1.82, 2.24) is 0 Å². The third-order valence-corrected chi connectivity index (χ3v) is 6.28. The molecule has 4 nitrogen and oxygen atoms in total. The lowest BCUT2D eigenvalue weighted by Crippen LogP contribution is -2.48. The average Bonchev–Trinajstić information content (AvgIpc) is 2.59. The number of carbonyl (C=O) groups excluding carboxylic acids is 2. The summed E-state index contributed by atoms with van der Waals surface area (Å²) < 4.78 is 10.7. The summed E-state index contributed by atoms with van der Waals surface area (Å²) >= 11 is 0. The van der Waals surface area contributed by atoms with Gasteiger partial charge < -0.3 is 9.47 Å². The fourth-order valence-corrected chi connectivity index (χ4v) is 5.76. The molecule has 134 valence electrons. The molecule has 4 saturated carbocycles. The Hall–Kier alpha value is -1.84. The molecule has 4 aliphatic rings. The minimum Gasteiger partial charge on any atom is -0.462 e. The molecule has 1 aromatic carbocycles. The monoisotopic (exact) mass is 342 g/mol. The minimum atomic E-state index is -0.404. The molecule has 5 rings (SSSR count). The lowest BCUT2D eigenvalue weighted by atomic mass is 9.50. The summed E-state index contributed by atoms with van der Waals surface area (Å²) in [5.74, 6) is 1.80. The molecule has 0 unspecified atom stereocenters. The summed E-state index contributed by atoms with van der Waals surface area (Å²) in [6.45, 7) is 2.61. The van der Waals surface area contributed by atoms with E-state index < -0.39 is 5.97 Å². The molecule has 4 heteroatoms. The molecule has 1 aromatic rings. The predicted molar refractivity (Wildman–Crippen MR) is 93.3 cm³/mol. The first-order chi connectivity index (χ1) is 12.1. The van der Waals surface area contributed by atoms with Gasteiger partial charge in [-0.25, -0.2) is 9.59 Å². The van der Waals surface area contributed by atoms with E-state index in [0.29, 0.717) is 24.3 Å². The number of rotatable bonds is 5. The quantitative estimate of drug-likeness (QED) is 0.751. The summed E-state index contributed by atoms with van der Waals surface area (Å²) in [6.07, 6.45) is 7.80. The van der Waals surface area contributed by atoms with Crippen molar-refractivity contribution in [2.45, 2.75) is 45.4 Å². The Morgan fingerprint density at radius 1 is 0.960 bits per heavy atom. The van der Waals surface area contributed by atoms with Crippen molar-refractivity contribution in [3.63, 3.8) is 0 Å². The Bertz CT molecular complexity index is 643. The van der Waals surface area contributed by atoms with Crippen molar-refractivity contribution in [3.8, 4) is 0 Å². The lowest BCUT2D eigenvalue weighted by Gasteiger charge is -2.56. The van der Waals surface area contributed by atoms with Crippen LogP contribution in [0.4, 0.5) is 0 Å². The number of benzene rings is 1. The molecule has 0 spiro atoms.